The molecule has 4 rings (SSSR count). The molecular weight excluding hydrogens is 347 g/mol. The van der Waals surface area contributed by atoms with Crippen LogP contribution in [0.15, 0.2) is 48.5 Å². The Morgan fingerprint density at radius 3 is 2.48 bits per heavy atom. The number of benzene rings is 2. The van der Waals surface area contributed by atoms with Gasteiger partial charge in [-0.25, -0.2) is 19.6 Å². The van der Waals surface area contributed by atoms with E-state index >= 15 is 0 Å². The SMILES string of the molecule is Cc1ccc(C(=O)N2CCC3(CC2)NC(=O)N(c2cccc(F)c2)N3)cc1. The molecule has 2 aliphatic rings. The number of urea groups is 1. The molecular formula is C20H21FN4O2. The van der Waals surface area contributed by atoms with Gasteiger partial charge in [0, 0.05) is 31.5 Å². The van der Waals surface area contributed by atoms with E-state index < -0.39 is 11.5 Å². The molecule has 1 spiro atoms. The van der Waals surface area contributed by atoms with Crippen molar-refractivity contribution in [1.82, 2.24) is 15.6 Å². The van der Waals surface area contributed by atoms with Gasteiger partial charge in [-0.1, -0.05) is 23.8 Å². The fourth-order valence-corrected chi connectivity index (χ4v) is 3.56. The van der Waals surface area contributed by atoms with Crippen LogP contribution in [0.5, 0.6) is 0 Å². The number of hydrogen-bond acceptors (Lipinski definition) is 3. The van der Waals surface area contributed by atoms with Crippen LogP contribution in [-0.4, -0.2) is 35.6 Å². The maximum Gasteiger partial charge on any atom is 0.338 e. The third kappa shape index (κ3) is 3.38. The number of amides is 3. The van der Waals surface area contributed by atoms with Gasteiger partial charge in [0.15, 0.2) is 0 Å². The number of piperidine rings is 1. The monoisotopic (exact) mass is 368 g/mol. The molecule has 3 amide bonds. The number of carbonyl (C=O) groups is 2. The number of nitrogens with one attached hydrogen (secondary N) is 2. The lowest BCUT2D eigenvalue weighted by Crippen LogP contribution is -2.58. The second kappa shape index (κ2) is 6.66. The van der Waals surface area contributed by atoms with Crippen molar-refractivity contribution in [2.75, 3.05) is 18.1 Å². The first kappa shape index (κ1) is 17.5. The molecule has 2 N–H and O–H groups in total. The summed E-state index contributed by atoms with van der Waals surface area (Å²) in [6.07, 6.45) is 1.14. The Kier molecular flexibility index (Phi) is 4.31. The highest BCUT2D eigenvalue weighted by atomic mass is 19.1. The van der Waals surface area contributed by atoms with Gasteiger partial charge in [0.2, 0.25) is 0 Å². The summed E-state index contributed by atoms with van der Waals surface area (Å²) in [5.74, 6) is -0.405. The molecule has 2 aliphatic heterocycles. The van der Waals surface area contributed by atoms with Gasteiger partial charge >= 0.3 is 6.03 Å². The average Bonchev–Trinajstić information content (AvgIpc) is 2.98. The van der Waals surface area contributed by atoms with E-state index in [-0.39, 0.29) is 11.9 Å². The van der Waals surface area contributed by atoms with Crippen LogP contribution in [0, 0.1) is 12.7 Å². The van der Waals surface area contributed by atoms with Crippen molar-refractivity contribution in [2.24, 2.45) is 0 Å². The fourth-order valence-electron chi connectivity index (χ4n) is 3.56. The molecule has 7 heteroatoms. The van der Waals surface area contributed by atoms with Gasteiger partial charge in [-0.2, -0.15) is 0 Å². The molecule has 0 radical (unpaired) electrons. The minimum atomic E-state index is -0.618. The Balaban J connectivity index is 1.43. The molecule has 0 atom stereocenters. The lowest BCUT2D eigenvalue weighted by atomic mass is 9.97. The molecule has 27 heavy (non-hydrogen) atoms. The number of anilines is 1. The number of likely N-dealkylation sites (tertiary alicyclic amines) is 1. The molecule has 0 bridgehead atoms. The second-order valence-corrected chi connectivity index (χ2v) is 7.10. The number of aryl methyl sites for hydroxylation is 1. The van der Waals surface area contributed by atoms with Crippen molar-refractivity contribution in [3.05, 3.63) is 65.5 Å². The molecule has 0 aromatic heterocycles. The number of rotatable bonds is 2. The summed E-state index contributed by atoms with van der Waals surface area (Å²) in [5.41, 5.74) is 4.78. The van der Waals surface area contributed by atoms with E-state index in [1.54, 1.807) is 17.0 Å². The zero-order valence-corrected chi connectivity index (χ0v) is 15.0. The highest BCUT2D eigenvalue weighted by Crippen LogP contribution is 2.28. The van der Waals surface area contributed by atoms with Gasteiger partial charge in [-0.3, -0.25) is 4.79 Å². The van der Waals surface area contributed by atoms with Crippen molar-refractivity contribution < 1.29 is 14.0 Å². The van der Waals surface area contributed by atoms with E-state index in [4.69, 9.17) is 0 Å². The van der Waals surface area contributed by atoms with E-state index in [1.807, 2.05) is 31.2 Å². The van der Waals surface area contributed by atoms with Gasteiger partial charge in [-0.15, -0.1) is 0 Å². The molecule has 2 aromatic carbocycles. The highest BCUT2D eigenvalue weighted by molar-refractivity contribution is 5.95. The summed E-state index contributed by atoms with van der Waals surface area (Å²) in [4.78, 5) is 26.8. The predicted molar refractivity (Wildman–Crippen MR) is 99.6 cm³/mol. The van der Waals surface area contributed by atoms with E-state index in [1.165, 1.54) is 17.1 Å². The van der Waals surface area contributed by atoms with Crippen LogP contribution >= 0.6 is 0 Å². The largest absolute Gasteiger partial charge is 0.338 e. The van der Waals surface area contributed by atoms with Crippen LogP contribution in [0.25, 0.3) is 0 Å². The summed E-state index contributed by atoms with van der Waals surface area (Å²) in [6.45, 7) is 3.03. The zero-order valence-electron chi connectivity index (χ0n) is 15.0. The summed E-state index contributed by atoms with van der Waals surface area (Å²) in [5, 5.41) is 4.29. The maximum absolute atomic E-state index is 13.5. The Hall–Kier alpha value is -2.93. The van der Waals surface area contributed by atoms with Crippen LogP contribution in [-0.2, 0) is 0 Å². The molecule has 2 saturated heterocycles. The Bertz CT molecular complexity index is 876. The quantitative estimate of drug-likeness (QED) is 0.857. The minimum absolute atomic E-state index is 0.00356. The second-order valence-electron chi connectivity index (χ2n) is 7.10. The van der Waals surface area contributed by atoms with Crippen molar-refractivity contribution >= 4 is 17.6 Å². The highest BCUT2D eigenvalue weighted by Gasteiger charge is 2.45. The van der Waals surface area contributed by atoms with Crippen molar-refractivity contribution in [2.45, 2.75) is 25.4 Å². The van der Waals surface area contributed by atoms with E-state index in [2.05, 4.69) is 10.7 Å². The van der Waals surface area contributed by atoms with Gasteiger partial charge in [0.05, 0.1) is 5.69 Å². The van der Waals surface area contributed by atoms with E-state index in [0.717, 1.165) is 5.56 Å². The molecule has 6 nitrogen and oxygen atoms in total. The van der Waals surface area contributed by atoms with Crippen LogP contribution in [0.4, 0.5) is 14.9 Å². The summed E-state index contributed by atoms with van der Waals surface area (Å²) in [6, 6.07) is 13.1. The van der Waals surface area contributed by atoms with Gasteiger partial charge in [-0.05, 0) is 37.3 Å². The van der Waals surface area contributed by atoms with Crippen LogP contribution in [0.3, 0.4) is 0 Å². The number of nitrogens with zero attached hydrogens (tertiary/aromatic N) is 2. The van der Waals surface area contributed by atoms with Crippen molar-refractivity contribution in [1.29, 1.82) is 0 Å². The van der Waals surface area contributed by atoms with E-state index in [0.29, 0.717) is 37.2 Å². The van der Waals surface area contributed by atoms with Crippen molar-refractivity contribution in [3.63, 3.8) is 0 Å². The molecule has 2 aromatic rings. The third-order valence-electron chi connectivity index (χ3n) is 5.14. The summed E-state index contributed by atoms with van der Waals surface area (Å²) in [7, 11) is 0. The van der Waals surface area contributed by atoms with E-state index in [9.17, 15) is 14.0 Å². The molecule has 0 aliphatic carbocycles. The lowest BCUT2D eigenvalue weighted by Gasteiger charge is -2.38. The lowest BCUT2D eigenvalue weighted by molar-refractivity contribution is 0.0640. The summed E-state index contributed by atoms with van der Waals surface area (Å²) < 4.78 is 13.5. The van der Waals surface area contributed by atoms with Crippen LogP contribution in [0.1, 0.15) is 28.8 Å². The smallest absolute Gasteiger partial charge is 0.338 e. The molecule has 0 unspecified atom stereocenters. The third-order valence-corrected chi connectivity index (χ3v) is 5.14. The number of halogens is 1. The fraction of sp³-hybridized carbons (Fsp3) is 0.300. The number of hydrazine groups is 1. The van der Waals surface area contributed by atoms with Gasteiger partial charge in [0.25, 0.3) is 5.91 Å². The summed E-state index contributed by atoms with van der Waals surface area (Å²) >= 11 is 0. The van der Waals surface area contributed by atoms with Gasteiger partial charge < -0.3 is 10.2 Å². The number of carbonyl (C=O) groups excluding carboxylic acids is 2. The molecule has 0 saturated carbocycles. The average molecular weight is 368 g/mol. The minimum Gasteiger partial charge on any atom is -0.338 e. The maximum atomic E-state index is 13.5. The predicted octanol–water partition coefficient (Wildman–Crippen LogP) is 2.80. The first-order valence-electron chi connectivity index (χ1n) is 8.97. The molecule has 2 heterocycles. The molecule has 140 valence electrons. The van der Waals surface area contributed by atoms with Gasteiger partial charge in [0.1, 0.15) is 11.5 Å². The Morgan fingerprint density at radius 2 is 1.81 bits per heavy atom. The van der Waals surface area contributed by atoms with Crippen LogP contribution < -0.4 is 15.8 Å². The molecule has 2 fully saturated rings. The van der Waals surface area contributed by atoms with Crippen molar-refractivity contribution in [3.8, 4) is 0 Å². The zero-order chi connectivity index (χ0) is 19.0. The number of hydrogen-bond donors (Lipinski definition) is 2. The first-order valence-corrected chi connectivity index (χ1v) is 8.97. The Morgan fingerprint density at radius 1 is 1.11 bits per heavy atom. The normalized spacial score (nSPS) is 18.7. The first-order chi connectivity index (χ1) is 13.0. The standard InChI is InChI=1S/C20H21FN4O2/c1-14-5-7-15(8-6-14)18(26)24-11-9-20(10-12-24)22-19(27)25(23-20)17-4-2-3-16(21)13-17/h2-8,13,23H,9-12H2,1H3,(H,22,27). The van der Waals surface area contributed by atoms with Crippen LogP contribution in [0.2, 0.25) is 0 Å². The Labute approximate surface area is 156 Å². The topological polar surface area (TPSA) is 64.7 Å².